The number of allylic oxidation sites excluding steroid dienone is 2. The molecule has 1 atom stereocenters. The van der Waals surface area contributed by atoms with Crippen LogP contribution in [0.25, 0.3) is 11.3 Å². The molecule has 1 amide bonds. The predicted octanol–water partition coefficient (Wildman–Crippen LogP) is 3.90. The highest BCUT2D eigenvalue weighted by atomic mass is 19.1. The molecule has 0 spiro atoms. The van der Waals surface area contributed by atoms with Gasteiger partial charge in [-0.2, -0.15) is 0 Å². The zero-order chi connectivity index (χ0) is 23.3. The Morgan fingerprint density at radius 2 is 2.00 bits per heavy atom. The number of aryl methyl sites for hydroxylation is 1. The SMILES string of the molecule is C=C/C(=C(\NC)c1c[nH]c(C(=O)NC(CO)c2ccc(F)c(C)c2)c1)c1cccc(O)c1. The number of amides is 1. The fourth-order valence-electron chi connectivity index (χ4n) is 3.50. The molecule has 0 fully saturated rings. The second-order valence-electron chi connectivity index (χ2n) is 7.31. The molecule has 0 bridgehead atoms. The van der Waals surface area contributed by atoms with Gasteiger partial charge in [-0.15, -0.1) is 0 Å². The number of benzene rings is 2. The molecule has 0 aliphatic rings. The lowest BCUT2D eigenvalue weighted by molar-refractivity contribution is 0.0911. The number of rotatable bonds is 8. The third-order valence-electron chi connectivity index (χ3n) is 5.17. The Morgan fingerprint density at radius 3 is 2.62 bits per heavy atom. The lowest BCUT2D eigenvalue weighted by atomic mass is 10.0. The molecule has 2 aromatic carbocycles. The minimum Gasteiger partial charge on any atom is -0.508 e. The molecule has 0 aliphatic carbocycles. The van der Waals surface area contributed by atoms with Gasteiger partial charge in [0.15, 0.2) is 0 Å². The Kier molecular flexibility index (Phi) is 7.12. The van der Waals surface area contributed by atoms with E-state index in [0.717, 1.165) is 11.1 Å². The first kappa shape index (κ1) is 22.8. The zero-order valence-corrected chi connectivity index (χ0v) is 17.9. The normalized spacial score (nSPS) is 12.6. The summed E-state index contributed by atoms with van der Waals surface area (Å²) in [5.41, 5.74) is 4.30. The minimum atomic E-state index is -0.677. The van der Waals surface area contributed by atoms with E-state index in [1.165, 1.54) is 12.1 Å². The maximum atomic E-state index is 13.6. The second kappa shape index (κ2) is 9.98. The summed E-state index contributed by atoms with van der Waals surface area (Å²) >= 11 is 0. The van der Waals surface area contributed by atoms with Crippen molar-refractivity contribution in [2.45, 2.75) is 13.0 Å². The van der Waals surface area contributed by atoms with Crippen LogP contribution in [-0.4, -0.2) is 34.8 Å². The first-order chi connectivity index (χ1) is 15.4. The van der Waals surface area contributed by atoms with Gasteiger partial charge in [0.25, 0.3) is 5.91 Å². The first-order valence-electron chi connectivity index (χ1n) is 10.1. The number of halogens is 1. The number of carbonyl (C=O) groups excluding carboxylic acids is 1. The number of hydrogen-bond donors (Lipinski definition) is 5. The van der Waals surface area contributed by atoms with Crippen LogP contribution in [0.1, 0.15) is 38.8 Å². The third-order valence-corrected chi connectivity index (χ3v) is 5.17. The number of hydrogen-bond acceptors (Lipinski definition) is 4. The fourth-order valence-corrected chi connectivity index (χ4v) is 3.50. The molecule has 7 heteroatoms. The molecule has 1 aromatic heterocycles. The summed E-state index contributed by atoms with van der Waals surface area (Å²) in [7, 11) is 1.76. The number of aliphatic hydroxyl groups is 1. The van der Waals surface area contributed by atoms with Crippen LogP contribution in [0.15, 0.2) is 67.4 Å². The number of aromatic amines is 1. The van der Waals surface area contributed by atoms with E-state index in [0.29, 0.717) is 28.1 Å². The molecule has 5 N–H and O–H groups in total. The van der Waals surface area contributed by atoms with E-state index in [2.05, 4.69) is 22.2 Å². The van der Waals surface area contributed by atoms with Crippen LogP contribution in [-0.2, 0) is 0 Å². The molecule has 0 radical (unpaired) electrons. The van der Waals surface area contributed by atoms with Gasteiger partial charge in [-0.1, -0.05) is 36.9 Å². The Bertz CT molecular complexity index is 1170. The van der Waals surface area contributed by atoms with Gasteiger partial charge in [0.05, 0.1) is 18.3 Å². The first-order valence-corrected chi connectivity index (χ1v) is 10.1. The van der Waals surface area contributed by atoms with Crippen molar-refractivity contribution in [2.75, 3.05) is 13.7 Å². The number of H-pyrrole nitrogens is 1. The number of phenolic OH excluding ortho intramolecular Hbond substituents is 1. The van der Waals surface area contributed by atoms with Crippen LogP contribution in [0.4, 0.5) is 4.39 Å². The number of nitrogens with one attached hydrogen (secondary N) is 3. The number of carbonyl (C=O) groups is 1. The average Bonchev–Trinajstić information content (AvgIpc) is 3.27. The maximum Gasteiger partial charge on any atom is 0.268 e. The highest BCUT2D eigenvalue weighted by Gasteiger charge is 2.18. The number of phenols is 1. The molecule has 0 saturated heterocycles. The molecule has 3 rings (SSSR count). The van der Waals surface area contributed by atoms with Gasteiger partial charge < -0.3 is 25.8 Å². The Hall–Kier alpha value is -3.84. The molecule has 1 heterocycles. The molecular weight excluding hydrogens is 409 g/mol. The van der Waals surface area contributed by atoms with Crippen molar-refractivity contribution in [3.8, 4) is 5.75 Å². The van der Waals surface area contributed by atoms with Gasteiger partial charge >= 0.3 is 0 Å². The van der Waals surface area contributed by atoms with Crippen LogP contribution >= 0.6 is 0 Å². The number of aromatic hydroxyl groups is 1. The quantitative estimate of drug-likeness (QED) is 0.347. The third kappa shape index (κ3) is 4.90. The van der Waals surface area contributed by atoms with Crippen LogP contribution < -0.4 is 10.6 Å². The van der Waals surface area contributed by atoms with E-state index in [-0.39, 0.29) is 18.2 Å². The summed E-state index contributed by atoms with van der Waals surface area (Å²) in [4.78, 5) is 15.8. The monoisotopic (exact) mass is 435 g/mol. The van der Waals surface area contributed by atoms with Crippen molar-refractivity contribution in [1.82, 2.24) is 15.6 Å². The van der Waals surface area contributed by atoms with Crippen LogP contribution in [0.5, 0.6) is 5.75 Å². The summed E-state index contributed by atoms with van der Waals surface area (Å²) in [5, 5.41) is 25.5. The molecule has 6 nitrogen and oxygen atoms in total. The van der Waals surface area contributed by atoms with Gasteiger partial charge in [-0.25, -0.2) is 4.39 Å². The Balaban J connectivity index is 1.87. The van der Waals surface area contributed by atoms with E-state index >= 15 is 0 Å². The van der Waals surface area contributed by atoms with Gasteiger partial charge in [0.1, 0.15) is 17.3 Å². The van der Waals surface area contributed by atoms with Crippen LogP contribution in [0.3, 0.4) is 0 Å². The molecule has 166 valence electrons. The topological polar surface area (TPSA) is 97.4 Å². The lowest BCUT2D eigenvalue weighted by Gasteiger charge is -2.17. The van der Waals surface area contributed by atoms with E-state index in [4.69, 9.17) is 0 Å². The largest absolute Gasteiger partial charge is 0.508 e. The number of aliphatic hydroxyl groups excluding tert-OH is 1. The van der Waals surface area contributed by atoms with Crippen LogP contribution in [0, 0.1) is 12.7 Å². The van der Waals surface area contributed by atoms with Gasteiger partial charge in [0.2, 0.25) is 0 Å². The van der Waals surface area contributed by atoms with Crippen LogP contribution in [0.2, 0.25) is 0 Å². The van der Waals surface area contributed by atoms with E-state index in [1.54, 1.807) is 56.6 Å². The van der Waals surface area contributed by atoms with Crippen molar-refractivity contribution in [3.05, 3.63) is 101 Å². The zero-order valence-electron chi connectivity index (χ0n) is 17.9. The highest BCUT2D eigenvalue weighted by molar-refractivity contribution is 5.98. The van der Waals surface area contributed by atoms with Crippen molar-refractivity contribution >= 4 is 17.2 Å². The summed E-state index contributed by atoms with van der Waals surface area (Å²) in [6.45, 7) is 5.17. The van der Waals surface area contributed by atoms with Crippen molar-refractivity contribution in [2.24, 2.45) is 0 Å². The summed E-state index contributed by atoms with van der Waals surface area (Å²) in [5.74, 6) is -0.621. The highest BCUT2D eigenvalue weighted by Crippen LogP contribution is 2.28. The predicted molar refractivity (Wildman–Crippen MR) is 123 cm³/mol. The maximum absolute atomic E-state index is 13.6. The second-order valence-corrected chi connectivity index (χ2v) is 7.31. The summed E-state index contributed by atoms with van der Waals surface area (Å²) < 4.78 is 13.6. The fraction of sp³-hybridized carbons (Fsp3) is 0.160. The number of aromatic nitrogens is 1. The molecule has 1 unspecified atom stereocenters. The minimum absolute atomic E-state index is 0.137. The summed E-state index contributed by atoms with van der Waals surface area (Å²) in [6, 6.07) is 12.3. The average molecular weight is 435 g/mol. The van der Waals surface area contributed by atoms with Gasteiger partial charge in [0, 0.05) is 24.4 Å². The molecule has 0 saturated carbocycles. The van der Waals surface area contributed by atoms with Gasteiger partial charge in [-0.05, 0) is 47.9 Å². The van der Waals surface area contributed by atoms with Crippen molar-refractivity contribution < 1.29 is 19.4 Å². The van der Waals surface area contributed by atoms with Gasteiger partial charge in [-0.3, -0.25) is 4.79 Å². The van der Waals surface area contributed by atoms with E-state index in [9.17, 15) is 19.4 Å². The summed E-state index contributed by atoms with van der Waals surface area (Å²) in [6.07, 6.45) is 3.36. The molecule has 0 aliphatic heterocycles. The van der Waals surface area contributed by atoms with E-state index < -0.39 is 11.9 Å². The standard InChI is InChI=1S/C25H26FN3O3/c1-4-20(16-6-5-7-19(31)11-16)24(27-3)18-12-22(28-13-18)25(32)29-23(14-30)17-8-9-21(26)15(2)10-17/h4-13,23,27-28,30-31H,1,14H2,2-3H3,(H,29,32)/b24-20+. The molecular formula is C25H26FN3O3. The molecule has 3 aromatic rings. The molecule has 32 heavy (non-hydrogen) atoms. The Morgan fingerprint density at radius 1 is 1.22 bits per heavy atom. The van der Waals surface area contributed by atoms with Crippen molar-refractivity contribution in [3.63, 3.8) is 0 Å². The van der Waals surface area contributed by atoms with Crippen molar-refractivity contribution in [1.29, 1.82) is 0 Å². The lowest BCUT2D eigenvalue weighted by Crippen LogP contribution is -2.31. The Labute approximate surface area is 186 Å². The van der Waals surface area contributed by atoms with E-state index in [1.807, 2.05) is 6.07 Å². The smallest absolute Gasteiger partial charge is 0.268 e.